The molecule has 2 rings (SSSR count). The predicted molar refractivity (Wildman–Crippen MR) is 81.2 cm³/mol. The molecule has 1 N–H and O–H groups in total. The van der Waals surface area contributed by atoms with Gasteiger partial charge in [-0.25, -0.2) is 0 Å². The van der Waals surface area contributed by atoms with Gasteiger partial charge in [-0.15, -0.1) is 0 Å². The van der Waals surface area contributed by atoms with E-state index in [4.69, 9.17) is 5.11 Å². The standard InChI is InChI=1S/C17H23NO3/c1-3-18(12-15(19)20)16(21)17(9-4-5-10-17)14-8-6-7-13(2)11-14/h6-8,11H,3-5,9-10,12H2,1-2H3,(H,19,20). The highest BCUT2D eigenvalue weighted by molar-refractivity contribution is 5.90. The molecule has 21 heavy (non-hydrogen) atoms. The summed E-state index contributed by atoms with van der Waals surface area (Å²) in [5.74, 6) is -0.988. The van der Waals surface area contributed by atoms with Crippen molar-refractivity contribution in [1.82, 2.24) is 4.90 Å². The van der Waals surface area contributed by atoms with Crippen LogP contribution in [0.25, 0.3) is 0 Å². The molecule has 0 spiro atoms. The van der Waals surface area contributed by atoms with Crippen LogP contribution in [0.4, 0.5) is 0 Å². The number of hydrogen-bond donors (Lipinski definition) is 1. The first-order chi connectivity index (χ1) is 9.99. The summed E-state index contributed by atoms with van der Waals surface area (Å²) in [7, 11) is 0. The van der Waals surface area contributed by atoms with E-state index in [1.165, 1.54) is 4.90 Å². The minimum Gasteiger partial charge on any atom is -0.480 e. The second-order valence-corrected chi connectivity index (χ2v) is 5.87. The van der Waals surface area contributed by atoms with E-state index in [1.54, 1.807) is 0 Å². The number of amides is 1. The van der Waals surface area contributed by atoms with Crippen molar-refractivity contribution in [2.45, 2.75) is 44.9 Å². The quantitative estimate of drug-likeness (QED) is 0.906. The Morgan fingerprint density at radius 3 is 2.48 bits per heavy atom. The highest BCUT2D eigenvalue weighted by Gasteiger charge is 2.44. The lowest BCUT2D eigenvalue weighted by molar-refractivity contribution is -0.147. The third-order valence-electron chi connectivity index (χ3n) is 4.43. The Balaban J connectivity index is 2.37. The Bertz CT molecular complexity index is 533. The molecule has 1 aliphatic rings. The molecule has 0 heterocycles. The average molecular weight is 289 g/mol. The van der Waals surface area contributed by atoms with Gasteiger partial charge in [0.1, 0.15) is 6.54 Å². The number of aryl methyl sites for hydroxylation is 1. The van der Waals surface area contributed by atoms with Crippen molar-refractivity contribution in [3.05, 3.63) is 35.4 Å². The molecule has 0 aliphatic heterocycles. The van der Waals surface area contributed by atoms with E-state index in [2.05, 4.69) is 6.07 Å². The molecule has 114 valence electrons. The maximum atomic E-state index is 13.0. The number of nitrogens with zero attached hydrogens (tertiary/aromatic N) is 1. The number of carbonyl (C=O) groups is 2. The van der Waals surface area contributed by atoms with Crippen LogP contribution in [0.2, 0.25) is 0 Å². The summed E-state index contributed by atoms with van der Waals surface area (Å²) in [5.41, 5.74) is 1.64. The van der Waals surface area contributed by atoms with Gasteiger partial charge >= 0.3 is 5.97 Å². The first-order valence-corrected chi connectivity index (χ1v) is 7.58. The van der Waals surface area contributed by atoms with Crippen LogP contribution < -0.4 is 0 Å². The molecule has 0 unspecified atom stereocenters. The Labute approximate surface area is 125 Å². The molecule has 4 nitrogen and oxygen atoms in total. The zero-order valence-corrected chi connectivity index (χ0v) is 12.8. The lowest BCUT2D eigenvalue weighted by Gasteiger charge is -2.34. The summed E-state index contributed by atoms with van der Waals surface area (Å²) in [6.07, 6.45) is 3.66. The van der Waals surface area contributed by atoms with E-state index in [-0.39, 0.29) is 12.5 Å². The van der Waals surface area contributed by atoms with Crippen LogP contribution in [0.5, 0.6) is 0 Å². The van der Waals surface area contributed by atoms with Crippen molar-refractivity contribution in [1.29, 1.82) is 0 Å². The maximum absolute atomic E-state index is 13.0. The summed E-state index contributed by atoms with van der Waals surface area (Å²) in [6.45, 7) is 4.06. The molecule has 1 aromatic carbocycles. The van der Waals surface area contributed by atoms with Gasteiger partial charge in [0, 0.05) is 6.54 Å². The number of likely N-dealkylation sites (N-methyl/N-ethyl adjacent to an activating group) is 1. The summed E-state index contributed by atoms with van der Waals surface area (Å²) in [6, 6.07) is 8.07. The normalized spacial score (nSPS) is 16.7. The molecule has 0 radical (unpaired) electrons. The van der Waals surface area contributed by atoms with Crippen molar-refractivity contribution in [3.63, 3.8) is 0 Å². The topological polar surface area (TPSA) is 57.6 Å². The Morgan fingerprint density at radius 1 is 1.29 bits per heavy atom. The Kier molecular flexibility index (Phi) is 4.66. The van der Waals surface area contributed by atoms with Crippen molar-refractivity contribution < 1.29 is 14.7 Å². The number of aliphatic carboxylic acids is 1. The van der Waals surface area contributed by atoms with Gasteiger partial charge in [-0.3, -0.25) is 9.59 Å². The molecule has 1 aliphatic carbocycles. The second kappa shape index (κ2) is 6.29. The lowest BCUT2D eigenvalue weighted by Crippen LogP contribution is -2.47. The maximum Gasteiger partial charge on any atom is 0.323 e. The molecule has 1 aromatic rings. The van der Waals surface area contributed by atoms with E-state index < -0.39 is 11.4 Å². The minimum absolute atomic E-state index is 0.0319. The summed E-state index contributed by atoms with van der Waals surface area (Å²) in [4.78, 5) is 25.5. The second-order valence-electron chi connectivity index (χ2n) is 5.87. The van der Waals surface area contributed by atoms with Crippen LogP contribution in [0, 0.1) is 6.92 Å². The van der Waals surface area contributed by atoms with Crippen LogP contribution in [0.3, 0.4) is 0 Å². The van der Waals surface area contributed by atoms with Gasteiger partial charge in [-0.1, -0.05) is 42.7 Å². The van der Waals surface area contributed by atoms with Crippen molar-refractivity contribution in [3.8, 4) is 0 Å². The summed E-state index contributed by atoms with van der Waals surface area (Å²) in [5, 5.41) is 9.01. The van der Waals surface area contributed by atoms with E-state index in [9.17, 15) is 9.59 Å². The SMILES string of the molecule is CCN(CC(=O)O)C(=O)C1(c2cccc(C)c2)CCCC1. The monoisotopic (exact) mass is 289 g/mol. The van der Waals surface area contributed by atoms with Crippen LogP contribution in [-0.4, -0.2) is 35.0 Å². The zero-order chi connectivity index (χ0) is 15.5. The molecule has 4 heteroatoms. The summed E-state index contributed by atoms with van der Waals surface area (Å²) >= 11 is 0. The first-order valence-electron chi connectivity index (χ1n) is 7.58. The molecule has 0 bridgehead atoms. The number of benzene rings is 1. The van der Waals surface area contributed by atoms with Crippen molar-refractivity contribution in [2.24, 2.45) is 0 Å². The number of carbonyl (C=O) groups excluding carboxylic acids is 1. The van der Waals surface area contributed by atoms with Gasteiger partial charge in [-0.2, -0.15) is 0 Å². The Morgan fingerprint density at radius 2 is 1.95 bits per heavy atom. The van der Waals surface area contributed by atoms with Gasteiger partial charge in [0.15, 0.2) is 0 Å². The molecule has 0 saturated heterocycles. The average Bonchev–Trinajstić information content (AvgIpc) is 2.94. The van der Waals surface area contributed by atoms with Gasteiger partial charge in [-0.05, 0) is 32.3 Å². The molecular weight excluding hydrogens is 266 g/mol. The fourth-order valence-electron chi connectivity index (χ4n) is 3.34. The smallest absolute Gasteiger partial charge is 0.323 e. The van der Waals surface area contributed by atoms with Gasteiger partial charge < -0.3 is 10.0 Å². The summed E-state index contributed by atoms with van der Waals surface area (Å²) < 4.78 is 0. The largest absolute Gasteiger partial charge is 0.480 e. The van der Waals surface area contributed by atoms with Crippen LogP contribution in [-0.2, 0) is 15.0 Å². The molecule has 1 saturated carbocycles. The van der Waals surface area contributed by atoms with Crippen LogP contribution in [0.15, 0.2) is 24.3 Å². The fraction of sp³-hybridized carbons (Fsp3) is 0.529. The Hall–Kier alpha value is -1.84. The van der Waals surface area contributed by atoms with E-state index in [0.717, 1.165) is 36.8 Å². The van der Waals surface area contributed by atoms with Gasteiger partial charge in [0.05, 0.1) is 5.41 Å². The fourth-order valence-corrected chi connectivity index (χ4v) is 3.34. The highest BCUT2D eigenvalue weighted by atomic mass is 16.4. The van der Waals surface area contributed by atoms with Crippen LogP contribution in [0.1, 0.15) is 43.7 Å². The molecule has 0 atom stereocenters. The van der Waals surface area contributed by atoms with E-state index in [1.807, 2.05) is 32.0 Å². The predicted octanol–water partition coefficient (Wildman–Crippen LogP) is 2.74. The lowest BCUT2D eigenvalue weighted by atomic mass is 9.77. The number of carboxylic acid groups (broad SMARTS) is 1. The zero-order valence-electron chi connectivity index (χ0n) is 12.8. The van der Waals surface area contributed by atoms with Crippen molar-refractivity contribution >= 4 is 11.9 Å². The van der Waals surface area contributed by atoms with Gasteiger partial charge in [0.2, 0.25) is 5.91 Å². The molecule has 1 amide bonds. The number of hydrogen-bond acceptors (Lipinski definition) is 2. The van der Waals surface area contributed by atoms with E-state index >= 15 is 0 Å². The third-order valence-corrected chi connectivity index (χ3v) is 4.43. The molecular formula is C17H23NO3. The van der Waals surface area contributed by atoms with E-state index in [0.29, 0.717) is 6.54 Å². The minimum atomic E-state index is -0.956. The first kappa shape index (κ1) is 15.5. The number of rotatable bonds is 5. The number of carboxylic acids is 1. The highest BCUT2D eigenvalue weighted by Crippen LogP contribution is 2.42. The molecule has 0 aromatic heterocycles. The van der Waals surface area contributed by atoms with Crippen molar-refractivity contribution in [2.75, 3.05) is 13.1 Å². The third kappa shape index (κ3) is 3.09. The van der Waals surface area contributed by atoms with Gasteiger partial charge in [0.25, 0.3) is 0 Å². The van der Waals surface area contributed by atoms with Crippen LogP contribution >= 0.6 is 0 Å². The molecule has 1 fully saturated rings.